The highest BCUT2D eigenvalue weighted by Gasteiger charge is 2.31. The summed E-state index contributed by atoms with van der Waals surface area (Å²) in [5, 5.41) is 5.22. The normalized spacial score (nSPS) is 11.7. The van der Waals surface area contributed by atoms with Gasteiger partial charge in [-0.1, -0.05) is 44.0 Å². The molecule has 0 fully saturated rings. The first kappa shape index (κ1) is 24.0. The summed E-state index contributed by atoms with van der Waals surface area (Å²) in [7, 11) is 0. The molecular weight excluding hydrogens is 370 g/mol. The van der Waals surface area contributed by atoms with E-state index in [0.717, 1.165) is 23.3 Å². The predicted octanol–water partition coefficient (Wildman–Crippen LogP) is 2.90. The lowest BCUT2D eigenvalue weighted by Crippen LogP contribution is -2.46. The van der Waals surface area contributed by atoms with Crippen molar-refractivity contribution in [1.82, 2.24) is 15.5 Å². The maximum Gasteiger partial charge on any atom is 0.408 e. The van der Waals surface area contributed by atoms with E-state index in [4.69, 9.17) is 11.2 Å². The van der Waals surface area contributed by atoms with Crippen LogP contribution in [0.1, 0.15) is 57.7 Å². The highest BCUT2D eigenvalue weighted by atomic mass is 16.6. The zero-order chi connectivity index (χ0) is 22.0. The Morgan fingerprint density at radius 1 is 1.21 bits per heavy atom. The quantitative estimate of drug-likeness (QED) is 0.398. The standard InChI is InChI=1S/C22H31N3O4/c1-7-9-14-23-20(27)19(17-13-11-10-12-16(17)3)25(8-2)18(26)15-24-21(28)29-22(4,5)6/h2,10-13,19H,7,9,14-15H2,1,3-6H3,(H,23,27)(H,24,28). The molecule has 2 N–H and O–H groups in total. The number of ether oxygens (including phenoxy) is 1. The molecule has 0 aliphatic heterocycles. The van der Waals surface area contributed by atoms with E-state index < -0.39 is 23.6 Å². The number of hydrogen-bond donors (Lipinski definition) is 2. The van der Waals surface area contributed by atoms with Gasteiger partial charge in [-0.2, -0.15) is 0 Å². The van der Waals surface area contributed by atoms with E-state index in [1.165, 1.54) is 0 Å². The largest absolute Gasteiger partial charge is 0.444 e. The fourth-order valence-corrected chi connectivity index (χ4v) is 2.61. The maximum atomic E-state index is 12.9. The van der Waals surface area contributed by atoms with Crippen LogP contribution in [0.2, 0.25) is 0 Å². The van der Waals surface area contributed by atoms with E-state index in [2.05, 4.69) is 16.7 Å². The Morgan fingerprint density at radius 3 is 2.41 bits per heavy atom. The second-order valence-electron chi connectivity index (χ2n) is 7.65. The first-order valence-electron chi connectivity index (χ1n) is 9.69. The van der Waals surface area contributed by atoms with Crippen molar-refractivity contribution < 1.29 is 19.1 Å². The van der Waals surface area contributed by atoms with Crippen molar-refractivity contribution in [3.63, 3.8) is 0 Å². The minimum absolute atomic E-state index is 0.365. The average molecular weight is 402 g/mol. The third-order valence-corrected chi connectivity index (χ3v) is 4.01. The van der Waals surface area contributed by atoms with Crippen LogP contribution in [0.3, 0.4) is 0 Å². The summed E-state index contributed by atoms with van der Waals surface area (Å²) in [5.41, 5.74) is 0.767. The number of benzene rings is 1. The number of terminal acetylenes is 1. The molecule has 1 unspecified atom stereocenters. The zero-order valence-corrected chi connectivity index (χ0v) is 17.9. The molecule has 1 atom stereocenters. The number of rotatable bonds is 8. The number of carbonyl (C=O) groups excluding carboxylic acids is 3. The van der Waals surface area contributed by atoms with Crippen LogP contribution >= 0.6 is 0 Å². The van der Waals surface area contributed by atoms with Crippen molar-refractivity contribution in [2.24, 2.45) is 0 Å². The molecule has 0 aliphatic carbocycles. The van der Waals surface area contributed by atoms with Gasteiger partial charge in [0.1, 0.15) is 18.2 Å². The highest BCUT2D eigenvalue weighted by molar-refractivity contribution is 5.91. The van der Waals surface area contributed by atoms with Crippen LogP contribution in [0.5, 0.6) is 0 Å². The van der Waals surface area contributed by atoms with Gasteiger partial charge in [0.15, 0.2) is 0 Å². The van der Waals surface area contributed by atoms with Gasteiger partial charge in [0, 0.05) is 12.6 Å². The van der Waals surface area contributed by atoms with Crippen LogP contribution < -0.4 is 10.6 Å². The summed E-state index contributed by atoms with van der Waals surface area (Å²) in [6, 6.07) is 8.55. The second kappa shape index (κ2) is 11.1. The Balaban J connectivity index is 3.03. The van der Waals surface area contributed by atoms with Gasteiger partial charge in [0.25, 0.3) is 5.91 Å². The third-order valence-electron chi connectivity index (χ3n) is 4.01. The van der Waals surface area contributed by atoms with Gasteiger partial charge in [-0.15, -0.1) is 0 Å². The molecule has 3 amide bonds. The van der Waals surface area contributed by atoms with Crippen molar-refractivity contribution in [2.45, 2.75) is 59.1 Å². The lowest BCUT2D eigenvalue weighted by molar-refractivity contribution is -0.136. The minimum Gasteiger partial charge on any atom is -0.444 e. The number of nitrogens with zero attached hydrogens (tertiary/aromatic N) is 1. The Morgan fingerprint density at radius 2 is 1.86 bits per heavy atom. The molecular formula is C22H31N3O4. The molecule has 158 valence electrons. The molecule has 1 rings (SSSR count). The summed E-state index contributed by atoms with van der Waals surface area (Å²) in [5.74, 6) is -0.950. The number of amides is 3. The number of hydrogen-bond acceptors (Lipinski definition) is 4. The van der Waals surface area contributed by atoms with Gasteiger partial charge in [-0.3, -0.25) is 14.5 Å². The SMILES string of the molecule is C#CN(C(=O)CNC(=O)OC(C)(C)C)C(C(=O)NCCCC)c1ccccc1C. The Labute approximate surface area is 173 Å². The molecule has 1 aromatic rings. The molecule has 1 aromatic carbocycles. The van der Waals surface area contributed by atoms with E-state index in [0.29, 0.717) is 12.1 Å². The maximum absolute atomic E-state index is 12.9. The Hall–Kier alpha value is -3.01. The van der Waals surface area contributed by atoms with Crippen molar-refractivity contribution in [3.8, 4) is 12.5 Å². The number of carbonyl (C=O) groups is 3. The van der Waals surface area contributed by atoms with Crippen LogP contribution in [0.15, 0.2) is 24.3 Å². The average Bonchev–Trinajstić information content (AvgIpc) is 2.63. The molecule has 0 bridgehead atoms. The molecule has 0 saturated heterocycles. The first-order chi connectivity index (χ1) is 13.6. The van der Waals surface area contributed by atoms with Crippen LogP contribution in [-0.4, -0.2) is 41.5 Å². The number of aryl methyl sites for hydroxylation is 1. The molecule has 7 heteroatoms. The van der Waals surface area contributed by atoms with Gasteiger partial charge in [0.2, 0.25) is 5.91 Å². The fourth-order valence-electron chi connectivity index (χ4n) is 2.61. The van der Waals surface area contributed by atoms with Crippen molar-refractivity contribution in [1.29, 1.82) is 0 Å². The van der Waals surface area contributed by atoms with Crippen molar-refractivity contribution in [3.05, 3.63) is 35.4 Å². The molecule has 0 heterocycles. The molecule has 0 aliphatic rings. The number of unbranched alkanes of at least 4 members (excludes halogenated alkanes) is 1. The second-order valence-corrected chi connectivity index (χ2v) is 7.65. The van der Waals surface area contributed by atoms with Crippen LogP contribution in [0.25, 0.3) is 0 Å². The van der Waals surface area contributed by atoms with Crippen LogP contribution in [0.4, 0.5) is 4.79 Å². The first-order valence-corrected chi connectivity index (χ1v) is 9.69. The van der Waals surface area contributed by atoms with Gasteiger partial charge < -0.3 is 15.4 Å². The number of nitrogens with one attached hydrogen (secondary N) is 2. The molecule has 0 aromatic heterocycles. The van der Waals surface area contributed by atoms with Crippen LogP contribution in [0, 0.1) is 19.4 Å². The van der Waals surface area contributed by atoms with Gasteiger partial charge in [-0.05, 0) is 45.2 Å². The molecule has 0 radical (unpaired) electrons. The molecule has 0 spiro atoms. The van der Waals surface area contributed by atoms with Gasteiger partial charge in [0.05, 0.1) is 0 Å². The topological polar surface area (TPSA) is 87.7 Å². The lowest BCUT2D eigenvalue weighted by atomic mass is 9.99. The smallest absolute Gasteiger partial charge is 0.408 e. The molecule has 7 nitrogen and oxygen atoms in total. The van der Waals surface area contributed by atoms with E-state index in [9.17, 15) is 14.4 Å². The molecule has 29 heavy (non-hydrogen) atoms. The van der Waals surface area contributed by atoms with E-state index in [1.54, 1.807) is 32.9 Å². The predicted molar refractivity (Wildman–Crippen MR) is 112 cm³/mol. The summed E-state index contributed by atoms with van der Waals surface area (Å²) < 4.78 is 5.13. The summed E-state index contributed by atoms with van der Waals surface area (Å²) in [4.78, 5) is 38.5. The monoisotopic (exact) mass is 401 g/mol. The van der Waals surface area contributed by atoms with E-state index in [1.807, 2.05) is 26.0 Å². The Kier molecular flexibility index (Phi) is 9.20. The fraction of sp³-hybridized carbons (Fsp3) is 0.500. The van der Waals surface area contributed by atoms with Crippen LogP contribution in [-0.2, 0) is 14.3 Å². The molecule has 0 saturated carbocycles. The third kappa shape index (κ3) is 7.86. The van der Waals surface area contributed by atoms with Gasteiger partial charge >= 0.3 is 6.09 Å². The van der Waals surface area contributed by atoms with Gasteiger partial charge in [-0.25, -0.2) is 4.79 Å². The highest BCUT2D eigenvalue weighted by Crippen LogP contribution is 2.24. The van der Waals surface area contributed by atoms with E-state index in [-0.39, 0.29) is 12.5 Å². The minimum atomic E-state index is -0.994. The Bertz CT molecular complexity index is 762. The van der Waals surface area contributed by atoms with E-state index >= 15 is 0 Å². The lowest BCUT2D eigenvalue weighted by Gasteiger charge is -2.28. The summed E-state index contributed by atoms with van der Waals surface area (Å²) in [6.07, 6.45) is 6.60. The summed E-state index contributed by atoms with van der Waals surface area (Å²) >= 11 is 0. The van der Waals surface area contributed by atoms with Crippen molar-refractivity contribution in [2.75, 3.05) is 13.1 Å². The zero-order valence-electron chi connectivity index (χ0n) is 17.9. The summed E-state index contributed by atoms with van der Waals surface area (Å²) in [6.45, 7) is 9.12. The number of alkyl carbamates (subject to hydrolysis) is 1. The van der Waals surface area contributed by atoms with Crippen molar-refractivity contribution >= 4 is 17.9 Å².